The Labute approximate surface area is 239 Å². The van der Waals surface area contributed by atoms with Crippen molar-refractivity contribution in [2.45, 2.75) is 53.2 Å². The van der Waals surface area contributed by atoms with Gasteiger partial charge in [0.2, 0.25) is 0 Å². The fourth-order valence-corrected chi connectivity index (χ4v) is 5.16. The Hall–Kier alpha value is -3.79. The topological polar surface area (TPSA) is 101 Å². The zero-order chi connectivity index (χ0) is 28.8. The summed E-state index contributed by atoms with van der Waals surface area (Å²) in [5.41, 5.74) is 3.41. The zero-order valence-corrected chi connectivity index (χ0v) is 24.8. The van der Waals surface area contributed by atoms with Crippen molar-refractivity contribution in [1.29, 1.82) is 0 Å². The number of halogens is 1. The molecule has 1 aliphatic rings. The van der Waals surface area contributed by atoms with E-state index in [1.807, 2.05) is 70.1 Å². The third-order valence-electron chi connectivity index (χ3n) is 6.94. The largest absolute Gasteiger partial charge is 0.453 e. The van der Waals surface area contributed by atoms with E-state index in [1.54, 1.807) is 10.9 Å². The number of H-pyrrole nitrogens is 1. The van der Waals surface area contributed by atoms with E-state index >= 15 is 0 Å². The van der Waals surface area contributed by atoms with Gasteiger partial charge < -0.3 is 24.3 Å². The molecule has 0 aliphatic carbocycles. The number of anilines is 1. The van der Waals surface area contributed by atoms with Crippen LogP contribution in [0.15, 0.2) is 36.7 Å². The molecular weight excluding hydrogens is 530 g/mol. The SMILES string of the molecule is Cc1nn(C)cc1-c1nc2ncc(Cl)c(Oc3ccc(N4CCN(C(=O)OC(C)(C)C)[C@@H](C(C)C)C4)cc3)c2[nH]1. The summed E-state index contributed by atoms with van der Waals surface area (Å²) in [5, 5.41) is 4.78. The van der Waals surface area contributed by atoms with Crippen molar-refractivity contribution in [3.8, 4) is 22.9 Å². The van der Waals surface area contributed by atoms with Crippen LogP contribution in [0.1, 0.15) is 40.3 Å². The minimum atomic E-state index is -0.523. The summed E-state index contributed by atoms with van der Waals surface area (Å²) < 4.78 is 13.7. The molecular formula is C29H36ClN7O3. The molecule has 0 saturated carbocycles. The molecule has 0 radical (unpaired) electrons. The Morgan fingerprint density at radius 2 is 1.90 bits per heavy atom. The van der Waals surface area contributed by atoms with E-state index in [-0.39, 0.29) is 18.1 Å². The van der Waals surface area contributed by atoms with Crippen molar-refractivity contribution in [2.24, 2.45) is 13.0 Å². The van der Waals surface area contributed by atoms with Crippen LogP contribution in [0, 0.1) is 12.8 Å². The number of ether oxygens (including phenoxy) is 2. The van der Waals surface area contributed by atoms with Crippen LogP contribution < -0.4 is 9.64 Å². The first-order chi connectivity index (χ1) is 18.9. The summed E-state index contributed by atoms with van der Waals surface area (Å²) in [7, 11) is 1.87. The number of rotatable bonds is 5. The minimum Gasteiger partial charge on any atom is -0.453 e. The lowest BCUT2D eigenvalue weighted by atomic mass is 9.99. The van der Waals surface area contributed by atoms with Gasteiger partial charge in [0.05, 0.1) is 23.5 Å². The van der Waals surface area contributed by atoms with E-state index in [1.165, 1.54) is 0 Å². The highest BCUT2D eigenvalue weighted by Crippen LogP contribution is 2.37. The first-order valence-corrected chi connectivity index (χ1v) is 13.8. The maximum atomic E-state index is 12.9. The molecule has 11 heteroatoms. The quantitative estimate of drug-likeness (QED) is 0.307. The summed E-state index contributed by atoms with van der Waals surface area (Å²) in [6, 6.07) is 7.94. The number of aryl methyl sites for hydroxylation is 2. The van der Waals surface area contributed by atoms with Gasteiger partial charge in [-0.25, -0.2) is 14.8 Å². The molecule has 212 valence electrons. The van der Waals surface area contributed by atoms with Gasteiger partial charge in [-0.1, -0.05) is 25.4 Å². The second kappa shape index (κ2) is 10.6. The molecule has 10 nitrogen and oxygen atoms in total. The van der Waals surface area contributed by atoms with Gasteiger partial charge in [0.15, 0.2) is 11.4 Å². The average Bonchev–Trinajstić information content (AvgIpc) is 3.47. The Morgan fingerprint density at radius 1 is 1.18 bits per heavy atom. The summed E-state index contributed by atoms with van der Waals surface area (Å²) in [4.78, 5) is 29.3. The van der Waals surface area contributed by atoms with E-state index in [0.29, 0.717) is 46.6 Å². The van der Waals surface area contributed by atoms with Crippen LogP contribution in [0.5, 0.6) is 11.5 Å². The lowest BCUT2D eigenvalue weighted by molar-refractivity contribution is 0.00883. The van der Waals surface area contributed by atoms with Gasteiger partial charge in [-0.2, -0.15) is 5.10 Å². The fourth-order valence-electron chi connectivity index (χ4n) is 4.98. The average molecular weight is 566 g/mol. The number of piperazine rings is 1. The molecule has 3 aromatic heterocycles. The van der Waals surface area contributed by atoms with E-state index in [9.17, 15) is 4.79 Å². The van der Waals surface area contributed by atoms with Crippen LogP contribution in [-0.2, 0) is 11.8 Å². The number of nitrogens with one attached hydrogen (secondary N) is 1. The molecule has 4 heterocycles. The molecule has 1 N–H and O–H groups in total. The summed E-state index contributed by atoms with van der Waals surface area (Å²) in [6.07, 6.45) is 3.20. The highest BCUT2D eigenvalue weighted by atomic mass is 35.5. The van der Waals surface area contributed by atoms with Gasteiger partial charge in [0.25, 0.3) is 0 Å². The Balaban J connectivity index is 1.33. The highest BCUT2D eigenvalue weighted by molar-refractivity contribution is 6.32. The number of nitrogens with zero attached hydrogens (tertiary/aromatic N) is 6. The number of carbonyl (C=O) groups is 1. The number of hydrogen-bond acceptors (Lipinski definition) is 7. The summed E-state index contributed by atoms with van der Waals surface area (Å²) in [6.45, 7) is 13.9. The molecule has 1 aliphatic heterocycles. The maximum Gasteiger partial charge on any atom is 0.410 e. The van der Waals surface area contributed by atoms with Gasteiger partial charge >= 0.3 is 6.09 Å². The third kappa shape index (κ3) is 5.72. The standard InChI is InChI=1S/C29H36ClN7O3/c1-17(2)23-16-36(12-13-37(23)28(38)40-29(4,5)6)19-8-10-20(11-9-19)39-25-22(30)14-31-27-24(25)32-26(33-27)21-15-35(7)34-18(21)3/h8-11,14-15,17,23H,12-13,16H2,1-7H3,(H,31,32,33)/t23-/m1/s1. The maximum absolute atomic E-state index is 12.9. The number of aromatic nitrogens is 5. The molecule has 0 bridgehead atoms. The van der Waals surface area contributed by atoms with E-state index < -0.39 is 5.60 Å². The first kappa shape index (κ1) is 27.8. The number of hydrogen-bond donors (Lipinski definition) is 1. The Bertz CT molecular complexity index is 1520. The van der Waals surface area contributed by atoms with E-state index in [4.69, 9.17) is 21.1 Å². The normalized spacial score (nSPS) is 16.2. The highest BCUT2D eigenvalue weighted by Gasteiger charge is 2.35. The number of carbonyl (C=O) groups excluding carboxylic acids is 1. The van der Waals surface area contributed by atoms with Crippen LogP contribution in [0.4, 0.5) is 10.5 Å². The van der Waals surface area contributed by atoms with Gasteiger partial charge in [-0.05, 0) is 57.9 Å². The molecule has 1 atom stereocenters. The smallest absolute Gasteiger partial charge is 0.410 e. The zero-order valence-electron chi connectivity index (χ0n) is 24.0. The molecule has 4 aromatic rings. The molecule has 1 saturated heterocycles. The molecule has 1 aromatic carbocycles. The van der Waals surface area contributed by atoms with Crippen molar-refractivity contribution in [2.75, 3.05) is 24.5 Å². The van der Waals surface area contributed by atoms with Crippen LogP contribution >= 0.6 is 11.6 Å². The van der Waals surface area contributed by atoms with Crippen LogP contribution in [0.2, 0.25) is 5.02 Å². The van der Waals surface area contributed by atoms with Crippen LogP contribution in [0.3, 0.4) is 0 Å². The molecule has 1 fully saturated rings. The number of pyridine rings is 1. The number of fused-ring (bicyclic) bond motifs is 1. The lowest BCUT2D eigenvalue weighted by Gasteiger charge is -2.44. The fraction of sp³-hybridized carbons (Fsp3) is 0.448. The van der Waals surface area contributed by atoms with Crippen molar-refractivity contribution in [1.82, 2.24) is 29.6 Å². The molecule has 5 rings (SSSR count). The number of amides is 1. The second-order valence-corrected chi connectivity index (χ2v) is 12.0. The first-order valence-electron chi connectivity index (χ1n) is 13.5. The molecule has 40 heavy (non-hydrogen) atoms. The molecule has 1 amide bonds. The van der Waals surface area contributed by atoms with Gasteiger partial charge in [-0.3, -0.25) is 4.68 Å². The van der Waals surface area contributed by atoms with Crippen LogP contribution in [-0.4, -0.2) is 67.0 Å². The van der Waals surface area contributed by atoms with Crippen molar-refractivity contribution in [3.63, 3.8) is 0 Å². The summed E-state index contributed by atoms with van der Waals surface area (Å²) >= 11 is 6.52. The molecule has 0 unspecified atom stereocenters. The number of benzene rings is 1. The van der Waals surface area contributed by atoms with Crippen LogP contribution in [0.25, 0.3) is 22.6 Å². The number of aromatic amines is 1. The van der Waals surface area contributed by atoms with Crippen molar-refractivity contribution < 1.29 is 14.3 Å². The minimum absolute atomic E-state index is 0.0430. The van der Waals surface area contributed by atoms with E-state index in [2.05, 4.69) is 38.8 Å². The monoisotopic (exact) mass is 565 g/mol. The van der Waals surface area contributed by atoms with E-state index in [0.717, 1.165) is 23.5 Å². The lowest BCUT2D eigenvalue weighted by Crippen LogP contribution is -2.58. The summed E-state index contributed by atoms with van der Waals surface area (Å²) in [5.74, 6) is 2.04. The number of imidazole rings is 1. The Kier molecular flexibility index (Phi) is 7.39. The third-order valence-corrected chi connectivity index (χ3v) is 7.20. The van der Waals surface area contributed by atoms with Gasteiger partial charge in [0.1, 0.15) is 27.7 Å². The predicted molar refractivity (Wildman–Crippen MR) is 156 cm³/mol. The van der Waals surface area contributed by atoms with Crippen molar-refractivity contribution in [3.05, 3.63) is 47.4 Å². The van der Waals surface area contributed by atoms with Crippen molar-refractivity contribution >= 4 is 34.5 Å². The Morgan fingerprint density at radius 3 is 2.52 bits per heavy atom. The molecule has 0 spiro atoms. The van der Waals surface area contributed by atoms with Gasteiger partial charge in [-0.15, -0.1) is 0 Å². The second-order valence-electron chi connectivity index (χ2n) is 11.5. The predicted octanol–water partition coefficient (Wildman–Crippen LogP) is 6.19. The van der Waals surface area contributed by atoms with Gasteiger partial charge in [0, 0.05) is 38.6 Å².